The number of benzene rings is 2. The van der Waals surface area contributed by atoms with Crippen molar-refractivity contribution in [1.82, 2.24) is 14.5 Å². The number of carbonyl (C=O) groups excluding carboxylic acids is 1. The van der Waals surface area contributed by atoms with Crippen LogP contribution in [-0.2, 0) is 39.1 Å². The number of likely N-dealkylation sites (N-methyl/N-ethyl adjacent to an activating group) is 1. The second-order valence-corrected chi connectivity index (χ2v) is 13.9. The molecule has 1 unspecified atom stereocenters. The first-order valence-electron chi connectivity index (χ1n) is 11.7. The Morgan fingerprint density at radius 2 is 1.82 bits per heavy atom. The lowest BCUT2D eigenvalue weighted by molar-refractivity contribution is -0.138. The lowest BCUT2D eigenvalue weighted by atomic mass is 10.0. The minimum Gasteiger partial charge on any atom is -0.348 e. The highest BCUT2D eigenvalue weighted by Crippen LogP contribution is 2.34. The van der Waals surface area contributed by atoms with Crippen molar-refractivity contribution in [2.75, 3.05) is 32.1 Å². The second kappa shape index (κ2) is 11.5. The lowest BCUT2D eigenvalue weighted by Crippen LogP contribution is -2.38. The molecule has 3 rings (SSSR count). The van der Waals surface area contributed by atoms with E-state index in [1.165, 1.54) is 48.6 Å². The number of rotatable bonds is 9. The van der Waals surface area contributed by atoms with Crippen LogP contribution in [0.2, 0.25) is 5.02 Å². The predicted octanol–water partition coefficient (Wildman–Crippen LogP) is 3.55. The zero-order valence-corrected chi connectivity index (χ0v) is 23.4. The minimum atomic E-state index is -4.73. The van der Waals surface area contributed by atoms with Gasteiger partial charge in [0.25, 0.3) is 5.91 Å². The molecule has 8 nitrogen and oxygen atoms in total. The van der Waals surface area contributed by atoms with Gasteiger partial charge in [-0.3, -0.25) is 9.69 Å². The molecule has 0 spiro atoms. The first-order valence-corrected chi connectivity index (χ1v) is 15.6. The number of nitrogens with zero attached hydrogens (tertiary/aromatic N) is 2. The van der Waals surface area contributed by atoms with E-state index in [9.17, 15) is 34.8 Å². The molecule has 0 aromatic heterocycles. The van der Waals surface area contributed by atoms with Crippen LogP contribution in [0.4, 0.5) is 13.2 Å². The van der Waals surface area contributed by atoms with E-state index >= 15 is 0 Å². The van der Waals surface area contributed by atoms with E-state index in [4.69, 9.17) is 11.6 Å². The number of hydrogen-bond donors (Lipinski definition) is 1. The number of sulfone groups is 1. The van der Waals surface area contributed by atoms with Crippen LogP contribution in [0.5, 0.6) is 0 Å². The Labute approximate surface area is 225 Å². The number of hydrogen-bond acceptors (Lipinski definition) is 6. The van der Waals surface area contributed by atoms with E-state index in [1.54, 1.807) is 4.90 Å². The predicted molar refractivity (Wildman–Crippen MR) is 138 cm³/mol. The number of sulfonamides is 1. The number of halogens is 4. The maximum atomic E-state index is 13.9. The van der Waals surface area contributed by atoms with Gasteiger partial charge < -0.3 is 5.32 Å². The van der Waals surface area contributed by atoms with Crippen LogP contribution in [0, 0.1) is 0 Å². The van der Waals surface area contributed by atoms with Crippen molar-refractivity contribution in [3.05, 3.63) is 63.7 Å². The van der Waals surface area contributed by atoms with Crippen LogP contribution in [0.1, 0.15) is 40.4 Å². The van der Waals surface area contributed by atoms with Crippen LogP contribution in [0.15, 0.2) is 41.3 Å². The molecule has 0 saturated carbocycles. The Morgan fingerprint density at radius 1 is 1.13 bits per heavy atom. The van der Waals surface area contributed by atoms with Crippen LogP contribution in [0.25, 0.3) is 0 Å². The van der Waals surface area contributed by atoms with Crippen molar-refractivity contribution in [3.63, 3.8) is 0 Å². The summed E-state index contributed by atoms with van der Waals surface area (Å²) in [5.41, 5.74) is -1.02. The molecule has 1 amide bonds. The fraction of sp³-hybridized carbons (Fsp3) is 0.458. The number of alkyl halides is 3. The fourth-order valence-corrected chi connectivity index (χ4v) is 6.33. The molecule has 2 aromatic rings. The van der Waals surface area contributed by atoms with Crippen LogP contribution < -0.4 is 5.32 Å². The lowest BCUT2D eigenvalue weighted by Gasteiger charge is -2.23. The van der Waals surface area contributed by atoms with E-state index in [0.717, 1.165) is 12.3 Å². The van der Waals surface area contributed by atoms with E-state index < -0.39 is 37.5 Å². The molecule has 1 atom stereocenters. The van der Waals surface area contributed by atoms with Gasteiger partial charge in [0, 0.05) is 49.9 Å². The zero-order valence-electron chi connectivity index (χ0n) is 21.0. The fourth-order valence-electron chi connectivity index (χ4n) is 4.31. The van der Waals surface area contributed by atoms with Gasteiger partial charge in [-0.25, -0.2) is 21.1 Å². The molecular formula is C24H29ClF3N3O5S2. The summed E-state index contributed by atoms with van der Waals surface area (Å²) in [5, 5.41) is 2.73. The molecule has 210 valence electrons. The minimum absolute atomic E-state index is 0.0125. The van der Waals surface area contributed by atoms with Gasteiger partial charge in [-0.2, -0.15) is 13.2 Å². The van der Waals surface area contributed by atoms with Gasteiger partial charge in [0.1, 0.15) is 0 Å². The maximum absolute atomic E-state index is 13.9. The standard InChI is InChI=1S/C24H29ClF3N3O5S2/c1-4-38(35,36)22-8-7-19(25)11-18(22)13-29-23(32)16-5-6-17(21(12-16)24(26,27)28)14-31-10-9-20(15-31)30(2)37(3,33)34/h5-8,11-12,20H,4,9-10,13-15H2,1-3H3,(H,29,32). The molecule has 38 heavy (non-hydrogen) atoms. The summed E-state index contributed by atoms with van der Waals surface area (Å²) in [6.45, 7) is 1.86. The van der Waals surface area contributed by atoms with E-state index in [2.05, 4.69) is 5.32 Å². The van der Waals surface area contributed by atoms with Crippen molar-refractivity contribution < 1.29 is 34.8 Å². The van der Waals surface area contributed by atoms with Gasteiger partial charge in [0.05, 0.1) is 22.5 Å². The van der Waals surface area contributed by atoms with Crippen molar-refractivity contribution in [2.24, 2.45) is 0 Å². The molecule has 2 aromatic carbocycles. The molecule has 1 N–H and O–H groups in total. The summed E-state index contributed by atoms with van der Waals surface area (Å²) in [4.78, 5) is 14.5. The smallest absolute Gasteiger partial charge is 0.348 e. The quantitative estimate of drug-likeness (QED) is 0.476. The van der Waals surface area contributed by atoms with E-state index in [0.29, 0.717) is 13.0 Å². The Hall–Kier alpha value is -2.19. The summed E-state index contributed by atoms with van der Waals surface area (Å²) >= 11 is 5.98. The average Bonchev–Trinajstić information content (AvgIpc) is 3.29. The first kappa shape index (κ1) is 30.4. The molecule has 1 heterocycles. The molecule has 1 fully saturated rings. The van der Waals surface area contributed by atoms with Crippen LogP contribution in [0.3, 0.4) is 0 Å². The molecule has 1 aliphatic rings. The zero-order chi connectivity index (χ0) is 28.5. The van der Waals surface area contributed by atoms with Gasteiger partial charge in [0.2, 0.25) is 10.0 Å². The topological polar surface area (TPSA) is 104 Å². The van der Waals surface area contributed by atoms with Gasteiger partial charge >= 0.3 is 6.18 Å². The number of amides is 1. The second-order valence-electron chi connectivity index (χ2n) is 9.16. The summed E-state index contributed by atoms with van der Waals surface area (Å²) in [5.74, 6) is -0.980. The van der Waals surface area contributed by atoms with Gasteiger partial charge in [0.15, 0.2) is 9.84 Å². The van der Waals surface area contributed by atoms with Gasteiger partial charge in [-0.05, 0) is 47.9 Å². The van der Waals surface area contributed by atoms with Crippen molar-refractivity contribution >= 4 is 37.4 Å². The Kier molecular flexibility index (Phi) is 9.19. The summed E-state index contributed by atoms with van der Waals surface area (Å²) in [6.07, 6.45) is -3.16. The Balaban J connectivity index is 1.79. The summed E-state index contributed by atoms with van der Waals surface area (Å²) in [7, 11) is -5.60. The number of nitrogens with one attached hydrogen (secondary N) is 1. The summed E-state index contributed by atoms with van der Waals surface area (Å²) < 4.78 is 91.3. The van der Waals surface area contributed by atoms with E-state index in [1.807, 2.05) is 0 Å². The third kappa shape index (κ3) is 7.26. The molecule has 1 saturated heterocycles. The third-order valence-electron chi connectivity index (χ3n) is 6.53. The van der Waals surface area contributed by atoms with Crippen LogP contribution >= 0.6 is 11.6 Å². The highest BCUT2D eigenvalue weighted by Gasteiger charge is 2.36. The SMILES string of the molecule is CCS(=O)(=O)c1ccc(Cl)cc1CNC(=O)c1ccc(CN2CCC(N(C)S(C)(=O)=O)C2)c(C(F)(F)F)c1. The summed E-state index contributed by atoms with van der Waals surface area (Å²) in [6, 6.07) is 7.07. The third-order valence-corrected chi connectivity index (χ3v) is 9.94. The highest BCUT2D eigenvalue weighted by molar-refractivity contribution is 7.91. The van der Waals surface area contributed by atoms with Gasteiger partial charge in [-0.1, -0.05) is 24.6 Å². The van der Waals surface area contributed by atoms with Crippen molar-refractivity contribution in [2.45, 2.75) is 43.5 Å². The van der Waals surface area contributed by atoms with Crippen molar-refractivity contribution in [3.8, 4) is 0 Å². The molecule has 0 radical (unpaired) electrons. The monoisotopic (exact) mass is 595 g/mol. The average molecular weight is 596 g/mol. The molecule has 0 aliphatic carbocycles. The van der Waals surface area contributed by atoms with Crippen molar-refractivity contribution in [1.29, 1.82) is 0 Å². The largest absolute Gasteiger partial charge is 0.416 e. The molecule has 14 heteroatoms. The maximum Gasteiger partial charge on any atom is 0.416 e. The Bertz CT molecular complexity index is 1420. The molecule has 1 aliphatic heterocycles. The first-order chi connectivity index (χ1) is 17.5. The molecule has 0 bridgehead atoms. The Morgan fingerprint density at radius 3 is 2.42 bits per heavy atom. The van der Waals surface area contributed by atoms with E-state index in [-0.39, 0.29) is 58.0 Å². The number of likely N-dealkylation sites (tertiary alicyclic amines) is 1. The molecular weight excluding hydrogens is 567 g/mol. The highest BCUT2D eigenvalue weighted by atomic mass is 35.5. The van der Waals surface area contributed by atoms with Gasteiger partial charge in [-0.15, -0.1) is 0 Å². The normalized spacial score (nSPS) is 17.2. The number of carbonyl (C=O) groups is 1. The van der Waals surface area contributed by atoms with Crippen LogP contribution in [-0.4, -0.2) is 70.1 Å².